The summed E-state index contributed by atoms with van der Waals surface area (Å²) in [5, 5.41) is -0.372. The number of sulfonamides is 1. The van der Waals surface area contributed by atoms with Crippen LogP contribution in [-0.2, 0) is 19.1 Å². The second kappa shape index (κ2) is 6.14. The minimum Gasteiger partial charge on any atom is -0.283 e. The summed E-state index contributed by atoms with van der Waals surface area (Å²) in [7, 11) is -1.95. The van der Waals surface area contributed by atoms with Crippen molar-refractivity contribution in [2.75, 3.05) is 4.72 Å². The van der Waals surface area contributed by atoms with E-state index in [0.717, 1.165) is 19.3 Å². The Bertz CT molecular complexity index is 723. The van der Waals surface area contributed by atoms with Gasteiger partial charge in [-0.25, -0.2) is 16.8 Å². The lowest BCUT2D eigenvalue weighted by atomic mass is 10.0. The van der Waals surface area contributed by atoms with Gasteiger partial charge < -0.3 is 0 Å². The Morgan fingerprint density at radius 2 is 1.71 bits per heavy atom. The number of hydrogen-bond donors (Lipinski definition) is 1. The lowest BCUT2D eigenvalue weighted by Crippen LogP contribution is -2.29. The van der Waals surface area contributed by atoms with Crippen LogP contribution in [0.25, 0.3) is 0 Å². The molecule has 0 saturated heterocycles. The predicted octanol–water partition coefficient (Wildman–Crippen LogP) is 3.00. The first-order valence-electron chi connectivity index (χ1n) is 6.77. The average Bonchev–Trinajstić information content (AvgIpc) is 2.37. The van der Waals surface area contributed by atoms with Crippen LogP contribution in [-0.4, -0.2) is 22.1 Å². The van der Waals surface area contributed by atoms with E-state index in [1.807, 2.05) is 0 Å². The van der Waals surface area contributed by atoms with Crippen LogP contribution in [0, 0.1) is 6.92 Å². The molecule has 0 aromatic heterocycles. The Morgan fingerprint density at radius 1 is 1.10 bits per heavy atom. The first-order valence-corrected chi connectivity index (χ1v) is 10.6. The quantitative estimate of drug-likeness (QED) is 0.845. The largest absolute Gasteiger partial charge is 0.283 e. The summed E-state index contributed by atoms with van der Waals surface area (Å²) in [6.07, 6.45) is 4.26. The van der Waals surface area contributed by atoms with Gasteiger partial charge in [0, 0.05) is 16.4 Å². The molecule has 0 radical (unpaired) electrons. The van der Waals surface area contributed by atoms with Gasteiger partial charge in [0.2, 0.25) is 10.0 Å². The normalized spacial score (nSPS) is 17.6. The summed E-state index contributed by atoms with van der Waals surface area (Å²) in [5.74, 6) is 0. The lowest BCUT2D eigenvalue weighted by Gasteiger charge is -2.22. The number of aryl methyl sites for hydroxylation is 1. The van der Waals surface area contributed by atoms with E-state index in [-0.39, 0.29) is 10.1 Å². The van der Waals surface area contributed by atoms with Crippen LogP contribution in [0.5, 0.6) is 0 Å². The van der Waals surface area contributed by atoms with Crippen molar-refractivity contribution in [3.63, 3.8) is 0 Å². The van der Waals surface area contributed by atoms with E-state index in [2.05, 4.69) is 4.72 Å². The molecule has 1 N–H and O–H groups in total. The summed E-state index contributed by atoms with van der Waals surface area (Å²) in [6.45, 7) is 1.58. The second-order valence-corrected chi connectivity index (χ2v) is 9.82. The van der Waals surface area contributed by atoms with E-state index in [1.165, 1.54) is 18.2 Å². The molecule has 1 aliphatic rings. The molecule has 8 heteroatoms. The van der Waals surface area contributed by atoms with Crippen LogP contribution in [0.1, 0.15) is 37.7 Å². The molecule has 0 aliphatic heterocycles. The molecule has 0 bridgehead atoms. The third kappa shape index (κ3) is 4.11. The molecule has 1 fully saturated rings. The fourth-order valence-electron chi connectivity index (χ4n) is 2.61. The molecule has 1 aromatic rings. The van der Waals surface area contributed by atoms with Gasteiger partial charge >= 0.3 is 0 Å². The van der Waals surface area contributed by atoms with Crippen molar-refractivity contribution in [1.82, 2.24) is 0 Å². The van der Waals surface area contributed by atoms with Crippen LogP contribution in [0.2, 0.25) is 0 Å². The molecule has 1 aromatic carbocycles. The van der Waals surface area contributed by atoms with Gasteiger partial charge in [-0.1, -0.05) is 19.3 Å². The zero-order valence-corrected chi connectivity index (χ0v) is 14.1. The molecular formula is C13H18ClNO4S2. The number of halogens is 1. The molecule has 21 heavy (non-hydrogen) atoms. The zero-order valence-electron chi connectivity index (χ0n) is 11.7. The Balaban J connectivity index is 2.22. The number of anilines is 1. The van der Waals surface area contributed by atoms with E-state index >= 15 is 0 Å². The molecular weight excluding hydrogens is 334 g/mol. The SMILES string of the molecule is Cc1cc(NS(=O)(=O)C2CCCCC2)ccc1S(=O)(=O)Cl. The van der Waals surface area contributed by atoms with Crippen LogP contribution in [0.4, 0.5) is 5.69 Å². The van der Waals surface area contributed by atoms with Crippen LogP contribution in [0.15, 0.2) is 23.1 Å². The van der Waals surface area contributed by atoms with E-state index in [4.69, 9.17) is 10.7 Å². The average molecular weight is 352 g/mol. The monoisotopic (exact) mass is 351 g/mol. The minimum atomic E-state index is -3.82. The summed E-state index contributed by atoms with van der Waals surface area (Å²) in [5.41, 5.74) is 0.774. The highest BCUT2D eigenvalue weighted by atomic mass is 35.7. The van der Waals surface area contributed by atoms with Crippen molar-refractivity contribution in [1.29, 1.82) is 0 Å². The Morgan fingerprint density at radius 3 is 2.24 bits per heavy atom. The van der Waals surface area contributed by atoms with E-state index in [9.17, 15) is 16.8 Å². The number of nitrogens with one attached hydrogen (secondary N) is 1. The fraction of sp³-hybridized carbons (Fsp3) is 0.538. The molecule has 118 valence electrons. The van der Waals surface area contributed by atoms with Gasteiger partial charge in [-0.05, 0) is 43.5 Å². The van der Waals surface area contributed by atoms with Crippen molar-refractivity contribution in [2.24, 2.45) is 0 Å². The smallest absolute Gasteiger partial charge is 0.261 e. The predicted molar refractivity (Wildman–Crippen MR) is 83.6 cm³/mol. The highest BCUT2D eigenvalue weighted by Crippen LogP contribution is 2.27. The third-order valence-electron chi connectivity index (χ3n) is 3.69. The third-order valence-corrected chi connectivity index (χ3v) is 7.04. The van der Waals surface area contributed by atoms with E-state index < -0.39 is 19.1 Å². The first-order chi connectivity index (χ1) is 9.70. The maximum atomic E-state index is 12.3. The number of rotatable bonds is 4. The van der Waals surface area contributed by atoms with Gasteiger partial charge in [-0.2, -0.15) is 0 Å². The standard InChI is InChI=1S/C13H18ClNO4S2/c1-10-9-11(7-8-13(10)20(14,16)17)15-21(18,19)12-5-3-2-4-6-12/h7-9,12,15H,2-6H2,1H3. The summed E-state index contributed by atoms with van der Waals surface area (Å²) in [6, 6.07) is 4.22. The van der Waals surface area contributed by atoms with Crippen LogP contribution in [0.3, 0.4) is 0 Å². The summed E-state index contributed by atoms with van der Waals surface area (Å²) in [4.78, 5) is -0.00946. The molecule has 0 unspecified atom stereocenters. The topological polar surface area (TPSA) is 80.3 Å². The van der Waals surface area contributed by atoms with Crippen molar-refractivity contribution in [2.45, 2.75) is 49.2 Å². The molecule has 0 amide bonds. The van der Waals surface area contributed by atoms with Gasteiger partial charge in [-0.15, -0.1) is 0 Å². The molecule has 1 saturated carbocycles. The van der Waals surface area contributed by atoms with E-state index in [1.54, 1.807) is 6.92 Å². The van der Waals surface area contributed by atoms with Gasteiger partial charge in [0.25, 0.3) is 9.05 Å². The van der Waals surface area contributed by atoms with Crippen LogP contribution >= 0.6 is 10.7 Å². The van der Waals surface area contributed by atoms with Gasteiger partial charge in [-0.3, -0.25) is 4.72 Å². The molecule has 0 spiro atoms. The molecule has 0 atom stereocenters. The van der Waals surface area contributed by atoms with Crippen molar-refractivity contribution in [3.8, 4) is 0 Å². The maximum absolute atomic E-state index is 12.3. The highest BCUT2D eigenvalue weighted by Gasteiger charge is 2.27. The van der Waals surface area contributed by atoms with Crippen molar-refractivity contribution >= 4 is 35.4 Å². The lowest BCUT2D eigenvalue weighted by molar-refractivity contribution is 0.486. The van der Waals surface area contributed by atoms with Gasteiger partial charge in [0.1, 0.15) is 0 Å². The Hall–Kier alpha value is -0.790. The number of benzene rings is 1. The molecule has 2 rings (SSSR count). The molecule has 1 aliphatic carbocycles. The molecule has 0 heterocycles. The maximum Gasteiger partial charge on any atom is 0.261 e. The highest BCUT2D eigenvalue weighted by molar-refractivity contribution is 8.13. The number of hydrogen-bond acceptors (Lipinski definition) is 4. The zero-order chi connectivity index (χ0) is 15.7. The first kappa shape index (κ1) is 16.6. The van der Waals surface area contributed by atoms with Crippen molar-refractivity contribution < 1.29 is 16.8 Å². The van der Waals surface area contributed by atoms with E-state index in [0.29, 0.717) is 24.1 Å². The summed E-state index contributed by atoms with van der Waals surface area (Å²) >= 11 is 0. The Labute approximate surface area is 130 Å². The summed E-state index contributed by atoms with van der Waals surface area (Å²) < 4.78 is 49.8. The van der Waals surface area contributed by atoms with Gasteiger partial charge in [0.15, 0.2) is 0 Å². The molecule has 5 nitrogen and oxygen atoms in total. The fourth-order valence-corrected chi connectivity index (χ4v) is 5.38. The van der Waals surface area contributed by atoms with Crippen LogP contribution < -0.4 is 4.72 Å². The second-order valence-electron chi connectivity index (χ2n) is 5.33. The van der Waals surface area contributed by atoms with Crippen molar-refractivity contribution in [3.05, 3.63) is 23.8 Å². The Kier molecular flexibility index (Phi) is 4.85. The van der Waals surface area contributed by atoms with Gasteiger partial charge in [0.05, 0.1) is 10.1 Å². The minimum absolute atomic E-state index is 0.00946.